The van der Waals surface area contributed by atoms with Crippen LogP contribution in [0.2, 0.25) is 0 Å². The molecule has 0 spiro atoms. The van der Waals surface area contributed by atoms with Gasteiger partial charge in [-0.3, -0.25) is 4.79 Å². The topological polar surface area (TPSA) is 103 Å². The molecular weight excluding hydrogens is 600 g/mol. The van der Waals surface area contributed by atoms with Crippen LogP contribution < -0.4 is 14.2 Å². The summed E-state index contributed by atoms with van der Waals surface area (Å²) in [6.07, 6.45) is 2.09. The monoisotopic (exact) mass is 640 g/mol. The highest BCUT2D eigenvalue weighted by molar-refractivity contribution is 8.00. The van der Waals surface area contributed by atoms with Crippen LogP contribution in [-0.2, 0) is 31.3 Å². The van der Waals surface area contributed by atoms with Crippen LogP contribution in [0.1, 0.15) is 53.9 Å². The first-order valence-electron chi connectivity index (χ1n) is 14.6. The third-order valence-corrected chi connectivity index (χ3v) is 9.54. The number of nitrogens with zero attached hydrogens (tertiary/aromatic N) is 2. The van der Waals surface area contributed by atoms with E-state index in [-0.39, 0.29) is 12.4 Å². The molecule has 3 aromatic carbocycles. The fourth-order valence-corrected chi connectivity index (χ4v) is 6.43. The van der Waals surface area contributed by atoms with Crippen LogP contribution in [0.5, 0.6) is 23.0 Å². The Kier molecular flexibility index (Phi) is 10.3. The third-order valence-electron chi connectivity index (χ3n) is 8.44. The molecule has 0 saturated carbocycles. The van der Waals surface area contributed by atoms with Gasteiger partial charge in [-0.1, -0.05) is 19.1 Å². The molecule has 0 saturated heterocycles. The first kappa shape index (κ1) is 33.3. The predicted octanol–water partition coefficient (Wildman–Crippen LogP) is 7.12. The highest BCUT2D eigenvalue weighted by atomic mass is 35.5. The molecule has 0 radical (unpaired) electrons. The molecule has 0 bridgehead atoms. The van der Waals surface area contributed by atoms with Crippen LogP contribution in [0.15, 0.2) is 42.5 Å². The van der Waals surface area contributed by atoms with Crippen LogP contribution in [0.25, 0.3) is 11.0 Å². The molecule has 44 heavy (non-hydrogen) atoms. The molecule has 2 atom stereocenters. The minimum absolute atomic E-state index is 0. The summed E-state index contributed by atoms with van der Waals surface area (Å²) in [5.74, 6) is 3.43. The molecule has 10 heteroatoms. The van der Waals surface area contributed by atoms with E-state index in [1.165, 1.54) is 11.8 Å². The number of carbonyl (C=O) groups is 1. The fourth-order valence-electron chi connectivity index (χ4n) is 5.57. The molecule has 1 aliphatic rings. The van der Waals surface area contributed by atoms with Crippen molar-refractivity contribution < 1.29 is 29.2 Å². The lowest BCUT2D eigenvalue weighted by Gasteiger charge is -2.37. The molecule has 1 aliphatic heterocycles. The van der Waals surface area contributed by atoms with Gasteiger partial charge in [0.25, 0.3) is 0 Å². The highest BCUT2D eigenvalue weighted by Gasteiger charge is 2.35. The summed E-state index contributed by atoms with van der Waals surface area (Å²) in [6, 6.07) is 13.5. The lowest BCUT2D eigenvalue weighted by atomic mass is 9.87. The minimum atomic E-state index is -0.785. The molecule has 1 aromatic heterocycles. The fraction of sp³-hybridized carbons (Fsp3) is 0.412. The lowest BCUT2D eigenvalue weighted by Crippen LogP contribution is -2.42. The van der Waals surface area contributed by atoms with Crippen molar-refractivity contribution in [3.8, 4) is 23.0 Å². The van der Waals surface area contributed by atoms with Crippen molar-refractivity contribution >= 4 is 41.2 Å². The SMILES string of the molecule is CCSC(Cc1ccc(OCc2nc3ccc(OCC4(C)CCc5c(C)c(O)c(C)c(C)c5O4)cc3n2C)cc1)C(=O)O.Cl. The Balaban J connectivity index is 0.00000442. The van der Waals surface area contributed by atoms with Gasteiger partial charge in [-0.2, -0.15) is 0 Å². The summed E-state index contributed by atoms with van der Waals surface area (Å²) in [6.45, 7) is 10.6. The second-order valence-electron chi connectivity index (χ2n) is 11.5. The van der Waals surface area contributed by atoms with Crippen LogP contribution >= 0.6 is 24.2 Å². The number of imidazole rings is 1. The molecule has 0 fully saturated rings. The van der Waals surface area contributed by atoms with E-state index in [4.69, 9.17) is 19.2 Å². The quantitative estimate of drug-likeness (QED) is 0.179. The minimum Gasteiger partial charge on any atom is -0.507 e. The number of aromatic hydroxyl groups is 1. The average molecular weight is 641 g/mol. The van der Waals surface area contributed by atoms with E-state index >= 15 is 0 Å². The van der Waals surface area contributed by atoms with E-state index in [2.05, 4.69) is 6.92 Å². The van der Waals surface area contributed by atoms with Crippen molar-refractivity contribution in [1.82, 2.24) is 9.55 Å². The van der Waals surface area contributed by atoms with Crippen molar-refractivity contribution in [3.05, 3.63) is 76.1 Å². The summed E-state index contributed by atoms with van der Waals surface area (Å²) in [7, 11) is 1.96. The number of aryl methyl sites for hydroxylation is 1. The Hall–Kier alpha value is -3.56. The Morgan fingerprint density at radius 3 is 2.48 bits per heavy atom. The van der Waals surface area contributed by atoms with Crippen molar-refractivity contribution in [2.75, 3.05) is 12.4 Å². The van der Waals surface area contributed by atoms with E-state index in [0.717, 1.165) is 74.8 Å². The van der Waals surface area contributed by atoms with Crippen LogP contribution in [0.4, 0.5) is 0 Å². The largest absolute Gasteiger partial charge is 0.507 e. The molecule has 0 aliphatic carbocycles. The van der Waals surface area contributed by atoms with Gasteiger partial charge in [-0.05, 0) is 99.2 Å². The summed E-state index contributed by atoms with van der Waals surface area (Å²) in [5, 5.41) is 19.5. The van der Waals surface area contributed by atoms with Crippen LogP contribution in [-0.4, -0.2) is 48.9 Å². The number of rotatable bonds is 11. The smallest absolute Gasteiger partial charge is 0.316 e. The number of fused-ring (bicyclic) bond motifs is 2. The van der Waals surface area contributed by atoms with Gasteiger partial charge in [0.1, 0.15) is 52.9 Å². The second-order valence-corrected chi connectivity index (χ2v) is 13.0. The van der Waals surface area contributed by atoms with Gasteiger partial charge in [-0.15, -0.1) is 24.2 Å². The van der Waals surface area contributed by atoms with Gasteiger partial charge in [0, 0.05) is 18.7 Å². The normalized spacial score (nSPS) is 16.5. The second kappa shape index (κ2) is 13.6. The van der Waals surface area contributed by atoms with Gasteiger partial charge >= 0.3 is 5.97 Å². The number of aromatic nitrogens is 2. The number of thioether (sulfide) groups is 1. The highest BCUT2D eigenvalue weighted by Crippen LogP contribution is 2.43. The molecular formula is C34H41ClN2O6S. The molecule has 4 aromatic rings. The van der Waals surface area contributed by atoms with Crippen molar-refractivity contribution in [3.63, 3.8) is 0 Å². The Morgan fingerprint density at radius 1 is 1.09 bits per heavy atom. The zero-order valence-corrected chi connectivity index (χ0v) is 27.7. The molecule has 2 N–H and O–H groups in total. The average Bonchev–Trinajstić information content (AvgIpc) is 3.31. The van der Waals surface area contributed by atoms with E-state index in [0.29, 0.717) is 31.1 Å². The first-order chi connectivity index (χ1) is 20.5. The van der Waals surface area contributed by atoms with Crippen LogP contribution in [0.3, 0.4) is 0 Å². The maximum Gasteiger partial charge on any atom is 0.316 e. The number of halogens is 1. The zero-order chi connectivity index (χ0) is 30.9. The number of aliphatic carboxylic acids is 1. The van der Waals surface area contributed by atoms with E-state index in [9.17, 15) is 15.0 Å². The Bertz CT molecular complexity index is 1650. The molecule has 2 heterocycles. The van der Waals surface area contributed by atoms with E-state index < -0.39 is 16.8 Å². The number of ether oxygens (including phenoxy) is 3. The number of benzene rings is 3. The van der Waals surface area contributed by atoms with Gasteiger partial charge in [0.2, 0.25) is 0 Å². The van der Waals surface area contributed by atoms with Crippen molar-refractivity contribution in [2.45, 2.75) is 71.3 Å². The van der Waals surface area contributed by atoms with E-state index in [1.807, 2.05) is 81.8 Å². The third kappa shape index (κ3) is 6.89. The summed E-state index contributed by atoms with van der Waals surface area (Å²) in [5.41, 5.74) is 6.08. The molecule has 8 nitrogen and oxygen atoms in total. The predicted molar refractivity (Wildman–Crippen MR) is 177 cm³/mol. The summed E-state index contributed by atoms with van der Waals surface area (Å²) < 4.78 is 20.8. The maximum atomic E-state index is 11.5. The van der Waals surface area contributed by atoms with Crippen LogP contribution in [0, 0.1) is 20.8 Å². The first-order valence-corrected chi connectivity index (χ1v) is 15.7. The maximum absolute atomic E-state index is 11.5. The lowest BCUT2D eigenvalue weighted by molar-refractivity contribution is -0.136. The number of hydrogen-bond acceptors (Lipinski definition) is 7. The van der Waals surface area contributed by atoms with Gasteiger partial charge in [0.15, 0.2) is 0 Å². The van der Waals surface area contributed by atoms with Gasteiger partial charge in [-0.25, -0.2) is 4.98 Å². The zero-order valence-electron chi connectivity index (χ0n) is 26.1. The summed E-state index contributed by atoms with van der Waals surface area (Å²) >= 11 is 1.44. The number of carboxylic acids is 1. The number of phenols is 1. The van der Waals surface area contributed by atoms with Crippen molar-refractivity contribution in [2.24, 2.45) is 7.05 Å². The Labute approximate surface area is 269 Å². The van der Waals surface area contributed by atoms with Gasteiger partial charge in [0.05, 0.1) is 11.0 Å². The standard InChI is InChI=1S/C34H40N2O6S.ClH/c1-7-43-29(33(38)39)16-23-8-10-24(11-9-23)40-18-30-35-27-13-12-25(17-28(27)36(30)6)41-19-34(5)15-14-26-22(4)31(37)20(2)21(3)32(26)42-34;/h8-13,17,29,37H,7,14-16,18-19H2,1-6H3,(H,38,39);1H. The van der Waals surface area contributed by atoms with Gasteiger partial charge < -0.3 is 29.0 Å². The Morgan fingerprint density at radius 2 is 1.80 bits per heavy atom. The number of hydrogen-bond donors (Lipinski definition) is 2. The molecule has 2 unspecified atom stereocenters. The number of carboxylic acid groups (broad SMARTS) is 1. The molecule has 236 valence electrons. The molecule has 0 amide bonds. The summed E-state index contributed by atoms with van der Waals surface area (Å²) in [4.78, 5) is 16.2. The number of phenolic OH excluding ortho intramolecular Hbond substituents is 1. The van der Waals surface area contributed by atoms with E-state index in [1.54, 1.807) is 0 Å². The van der Waals surface area contributed by atoms with Crippen molar-refractivity contribution in [1.29, 1.82) is 0 Å². The molecule has 5 rings (SSSR count).